The lowest BCUT2D eigenvalue weighted by Crippen LogP contribution is -2.44. The lowest BCUT2D eigenvalue weighted by atomic mass is 10.1. The number of nitrogens with zero attached hydrogens (tertiary/aromatic N) is 1. The highest BCUT2D eigenvalue weighted by atomic mass is 16.7. The third-order valence-corrected chi connectivity index (χ3v) is 10.1. The molecule has 0 aromatic rings. The summed E-state index contributed by atoms with van der Waals surface area (Å²) in [4.78, 5) is 37.2. The Hall–Kier alpha value is -4.83. The Morgan fingerprint density at radius 2 is 0.783 bits per heavy atom. The van der Waals surface area contributed by atoms with E-state index in [2.05, 4.69) is 160 Å². The average molecular weight is 956 g/mol. The molecule has 0 aromatic heterocycles. The van der Waals surface area contributed by atoms with E-state index in [4.69, 9.17) is 18.9 Å². The van der Waals surface area contributed by atoms with Gasteiger partial charge in [-0.25, -0.2) is 0 Å². The normalized spacial score (nSPS) is 14.0. The lowest BCUT2D eigenvalue weighted by molar-refractivity contribution is -0.870. The highest BCUT2D eigenvalue weighted by molar-refractivity contribution is 5.70. The van der Waals surface area contributed by atoms with Crippen molar-refractivity contribution in [1.29, 1.82) is 0 Å². The summed E-state index contributed by atoms with van der Waals surface area (Å²) >= 11 is 0. The summed E-state index contributed by atoms with van der Waals surface area (Å²) in [6.07, 6.45) is 68.9. The molecule has 386 valence electrons. The molecule has 0 fully saturated rings. The number of unbranched alkanes of at least 4 members (excludes halogenated alkanes) is 6. The van der Waals surface area contributed by atoms with Gasteiger partial charge in [0.2, 0.25) is 0 Å². The minimum Gasteiger partial charge on any atom is -0.545 e. The van der Waals surface area contributed by atoms with E-state index in [-0.39, 0.29) is 32.7 Å². The zero-order chi connectivity index (χ0) is 50.6. The maximum atomic E-state index is 12.8. The van der Waals surface area contributed by atoms with Crippen molar-refractivity contribution < 1.29 is 42.9 Å². The molecule has 0 saturated carbocycles. The summed E-state index contributed by atoms with van der Waals surface area (Å²) < 4.78 is 22.5. The predicted molar refractivity (Wildman–Crippen MR) is 287 cm³/mol. The van der Waals surface area contributed by atoms with Crippen LogP contribution in [0.4, 0.5) is 0 Å². The molecule has 0 amide bonds. The molecule has 0 spiro atoms. The number of hydrogen-bond acceptors (Lipinski definition) is 8. The monoisotopic (exact) mass is 956 g/mol. The number of carbonyl (C=O) groups is 3. The fourth-order valence-electron chi connectivity index (χ4n) is 6.13. The second-order valence-electron chi connectivity index (χ2n) is 17.7. The molecule has 9 heteroatoms. The minimum absolute atomic E-state index is 0.125. The molecule has 0 heterocycles. The van der Waals surface area contributed by atoms with Gasteiger partial charge in [-0.05, 0) is 116 Å². The molecule has 9 nitrogen and oxygen atoms in total. The summed E-state index contributed by atoms with van der Waals surface area (Å²) in [5.41, 5.74) is 0. The molecule has 0 N–H and O–H groups in total. The summed E-state index contributed by atoms with van der Waals surface area (Å²) in [7, 11) is 5.87. The van der Waals surface area contributed by atoms with E-state index in [0.29, 0.717) is 23.9 Å². The van der Waals surface area contributed by atoms with Crippen LogP contribution in [-0.4, -0.2) is 82.3 Å². The highest BCUT2D eigenvalue weighted by Crippen LogP contribution is 2.11. The first-order valence-corrected chi connectivity index (χ1v) is 26.0. The minimum atomic E-state index is -1.65. The molecular formula is C60H93NO8. The van der Waals surface area contributed by atoms with Crippen LogP contribution in [0.15, 0.2) is 146 Å². The van der Waals surface area contributed by atoms with Gasteiger partial charge in [-0.15, -0.1) is 0 Å². The number of quaternary nitrogens is 1. The van der Waals surface area contributed by atoms with Gasteiger partial charge in [0.05, 0.1) is 40.3 Å². The first-order chi connectivity index (χ1) is 33.6. The molecule has 0 aliphatic heterocycles. The first-order valence-electron chi connectivity index (χ1n) is 26.0. The maximum absolute atomic E-state index is 12.8. The van der Waals surface area contributed by atoms with Gasteiger partial charge in [0.15, 0.2) is 12.4 Å². The topological polar surface area (TPSA) is 111 Å². The van der Waals surface area contributed by atoms with E-state index >= 15 is 0 Å². The smallest absolute Gasteiger partial charge is 0.306 e. The van der Waals surface area contributed by atoms with Crippen molar-refractivity contribution in [3.63, 3.8) is 0 Å². The van der Waals surface area contributed by atoms with Crippen LogP contribution in [0.5, 0.6) is 0 Å². The van der Waals surface area contributed by atoms with Crippen molar-refractivity contribution in [3.05, 3.63) is 146 Å². The Morgan fingerprint density at radius 1 is 0.435 bits per heavy atom. The van der Waals surface area contributed by atoms with Crippen LogP contribution in [0.3, 0.4) is 0 Å². The second-order valence-corrected chi connectivity index (χ2v) is 17.7. The number of aliphatic carboxylic acids is 1. The molecule has 2 unspecified atom stereocenters. The molecule has 0 bridgehead atoms. The molecule has 0 aliphatic rings. The van der Waals surface area contributed by atoms with Crippen molar-refractivity contribution in [3.8, 4) is 0 Å². The van der Waals surface area contributed by atoms with Crippen LogP contribution in [-0.2, 0) is 33.3 Å². The number of allylic oxidation sites excluding steroid dienone is 24. The van der Waals surface area contributed by atoms with Crippen molar-refractivity contribution in [1.82, 2.24) is 0 Å². The Labute approximate surface area is 420 Å². The van der Waals surface area contributed by atoms with Gasteiger partial charge in [-0.1, -0.05) is 173 Å². The van der Waals surface area contributed by atoms with Crippen molar-refractivity contribution in [2.45, 2.75) is 167 Å². The van der Waals surface area contributed by atoms with E-state index in [1.165, 1.54) is 0 Å². The summed E-state index contributed by atoms with van der Waals surface area (Å²) in [6.45, 7) is 4.39. The Bertz CT molecular complexity index is 1630. The fraction of sp³-hybridized carbons (Fsp3) is 0.550. The quantitative estimate of drug-likeness (QED) is 0.0195. The number of esters is 2. The molecule has 0 radical (unpaired) electrons. The van der Waals surface area contributed by atoms with Crippen LogP contribution < -0.4 is 5.11 Å². The molecule has 2 atom stereocenters. The van der Waals surface area contributed by atoms with E-state index < -0.39 is 30.3 Å². The van der Waals surface area contributed by atoms with Crippen LogP contribution >= 0.6 is 0 Å². The van der Waals surface area contributed by atoms with Gasteiger partial charge in [-0.2, -0.15) is 0 Å². The van der Waals surface area contributed by atoms with E-state index in [1.54, 1.807) is 0 Å². The SMILES string of the molecule is CC/C=C\C/C=C\C/C=C\C/C=C\C/C=C\C/C=C\C/C=C\C/C=C\CCCCC(=O)OC(COC(=O)CCCCCC/C=C\C/C=C\C/C=C\C/C=C\CC)COC(OCC[N+](C)(C)C)C(=O)[O-]. The molecule has 0 rings (SSSR count). The first kappa shape index (κ1) is 64.2. The van der Waals surface area contributed by atoms with Gasteiger partial charge in [0, 0.05) is 12.8 Å². The Morgan fingerprint density at radius 3 is 1.17 bits per heavy atom. The van der Waals surface area contributed by atoms with E-state index in [0.717, 1.165) is 116 Å². The largest absolute Gasteiger partial charge is 0.545 e. The third-order valence-electron chi connectivity index (χ3n) is 10.1. The van der Waals surface area contributed by atoms with Crippen LogP contribution in [0.2, 0.25) is 0 Å². The number of carbonyl (C=O) groups excluding carboxylic acids is 3. The average Bonchev–Trinajstić information content (AvgIpc) is 3.31. The lowest BCUT2D eigenvalue weighted by Gasteiger charge is -2.26. The molecular weight excluding hydrogens is 863 g/mol. The molecule has 69 heavy (non-hydrogen) atoms. The molecule has 0 aliphatic carbocycles. The van der Waals surface area contributed by atoms with Crippen molar-refractivity contribution in [2.75, 3.05) is 47.5 Å². The number of carboxylic acid groups (broad SMARTS) is 1. The summed E-state index contributed by atoms with van der Waals surface area (Å²) in [5.74, 6) is -2.40. The number of rotatable bonds is 45. The highest BCUT2D eigenvalue weighted by Gasteiger charge is 2.21. The predicted octanol–water partition coefficient (Wildman–Crippen LogP) is 13.6. The standard InChI is InChI=1S/C60H93NO8/c1-6-8-10-12-14-16-18-20-22-24-25-26-27-28-29-30-31-32-33-35-37-39-41-43-45-47-49-51-58(63)69-56(55-68-60(59(64)65)66-53-52-61(3,4)5)54-67-57(62)50-48-46-44-42-40-38-36-34-23-21-19-17-15-13-11-9-7-2/h8-11,14-17,20-23,25-26,28-29,31-32,35-38,41,43,56,60H,6-7,12-13,18-19,24,27,30,33-34,39-40,42,44-55H2,1-5H3/b10-8-,11-9-,16-14-,17-15-,22-20-,23-21-,26-25-,29-28-,32-31-,37-35-,38-36-,43-41-. The molecule has 0 saturated heterocycles. The van der Waals surface area contributed by atoms with Gasteiger partial charge >= 0.3 is 11.9 Å². The zero-order valence-electron chi connectivity index (χ0n) is 43.6. The van der Waals surface area contributed by atoms with Gasteiger partial charge in [0.1, 0.15) is 13.2 Å². The van der Waals surface area contributed by atoms with E-state index in [1.807, 2.05) is 21.1 Å². The van der Waals surface area contributed by atoms with Crippen molar-refractivity contribution in [2.24, 2.45) is 0 Å². The van der Waals surface area contributed by atoms with Gasteiger partial charge < -0.3 is 33.3 Å². The Kier molecular flexibility index (Phi) is 46.1. The Balaban J connectivity index is 4.50. The van der Waals surface area contributed by atoms with Crippen LogP contribution in [0.25, 0.3) is 0 Å². The summed E-state index contributed by atoms with van der Waals surface area (Å²) in [5, 5.41) is 11.7. The number of hydrogen-bond donors (Lipinski definition) is 0. The van der Waals surface area contributed by atoms with Crippen LogP contribution in [0, 0.1) is 0 Å². The second kappa shape index (κ2) is 49.6. The van der Waals surface area contributed by atoms with Crippen LogP contribution in [0.1, 0.15) is 155 Å². The molecule has 0 aromatic carbocycles. The maximum Gasteiger partial charge on any atom is 0.306 e. The number of carboxylic acids is 1. The zero-order valence-corrected chi connectivity index (χ0v) is 43.6. The third kappa shape index (κ3) is 50.9. The fourth-order valence-corrected chi connectivity index (χ4v) is 6.13. The van der Waals surface area contributed by atoms with Crippen molar-refractivity contribution >= 4 is 17.9 Å². The van der Waals surface area contributed by atoms with Gasteiger partial charge in [-0.3, -0.25) is 9.59 Å². The number of likely N-dealkylation sites (N-methyl/N-ethyl adjacent to an activating group) is 1. The summed E-state index contributed by atoms with van der Waals surface area (Å²) in [6, 6.07) is 0. The van der Waals surface area contributed by atoms with E-state index in [9.17, 15) is 19.5 Å². The van der Waals surface area contributed by atoms with Gasteiger partial charge in [0.25, 0.3) is 0 Å². The number of ether oxygens (including phenoxy) is 4.